The molecule has 0 saturated carbocycles. The Morgan fingerprint density at radius 1 is 1.01 bits per heavy atom. The maximum Gasteiger partial charge on any atom is 0.293 e. The number of rotatable bonds is 13. The van der Waals surface area contributed by atoms with Crippen LogP contribution in [0.4, 0.5) is 17.1 Å². The number of halogens is 1. The SMILES string of the molecule is CC1(C)CCC(CN2CCN(c3ccc(C(=O)NS(=O)(=O)c4ccc(NC[C@@H]5OCCN(S(C)(=O)=O)CC5[Si])c([N+](=O)[O-])c4)c(-n4[nH]cc5nc6nccc6cc54)c3)CC2)=C(c2ccc(Cl)cc2)C1. The first-order valence-corrected chi connectivity index (χ1v) is 26.9. The Morgan fingerprint density at radius 3 is 2.52 bits per heavy atom. The summed E-state index contributed by atoms with van der Waals surface area (Å²) in [6.07, 6.45) is 7.03. The number of nitro groups is 1. The molecular formula is C47H52ClN10O8S2Si. The van der Waals surface area contributed by atoms with Crippen LogP contribution in [0.1, 0.15) is 49.0 Å². The number of aromatic nitrogens is 4. The van der Waals surface area contributed by atoms with E-state index in [9.17, 15) is 31.7 Å². The zero-order valence-electron chi connectivity index (χ0n) is 38.3. The van der Waals surface area contributed by atoms with Crippen LogP contribution in [0.3, 0.4) is 0 Å². The third kappa shape index (κ3) is 10.6. The highest BCUT2D eigenvalue weighted by molar-refractivity contribution is 7.90. The van der Waals surface area contributed by atoms with Gasteiger partial charge in [0.2, 0.25) is 10.0 Å². The largest absolute Gasteiger partial charge is 0.377 e. The molecule has 0 bridgehead atoms. The number of nitrogens with zero attached hydrogens (tertiary/aromatic N) is 7. The van der Waals surface area contributed by atoms with Gasteiger partial charge in [-0.25, -0.2) is 31.5 Å². The number of benzene rings is 3. The summed E-state index contributed by atoms with van der Waals surface area (Å²) >= 11 is 6.26. The van der Waals surface area contributed by atoms with Crippen LogP contribution < -0.4 is 14.9 Å². The first-order valence-electron chi connectivity index (χ1n) is 22.6. The normalized spacial score (nSPS) is 19.8. The highest BCUT2D eigenvalue weighted by atomic mass is 35.5. The Morgan fingerprint density at radius 2 is 1.78 bits per heavy atom. The summed E-state index contributed by atoms with van der Waals surface area (Å²) in [6.45, 7) is 8.97. The van der Waals surface area contributed by atoms with E-state index in [0.717, 1.165) is 67.3 Å². The number of carbonyl (C=O) groups excluding carboxylic acids is 1. The van der Waals surface area contributed by atoms with Gasteiger partial charge in [-0.1, -0.05) is 43.2 Å². The Balaban J connectivity index is 0.955. The Hall–Kier alpha value is -5.68. The Labute approximate surface area is 408 Å². The molecule has 18 nitrogen and oxygen atoms in total. The number of H-pyrrole nitrogens is 1. The molecule has 3 aromatic heterocycles. The molecule has 22 heteroatoms. The lowest BCUT2D eigenvalue weighted by Crippen LogP contribution is -2.47. The van der Waals surface area contributed by atoms with Crippen LogP contribution in [0.15, 0.2) is 95.7 Å². The summed E-state index contributed by atoms with van der Waals surface area (Å²) < 4.78 is 63.2. The van der Waals surface area contributed by atoms with Crippen LogP contribution in [-0.2, 0) is 24.8 Å². The van der Waals surface area contributed by atoms with E-state index in [1.165, 1.54) is 33.1 Å². The second kappa shape index (κ2) is 19.3. The molecule has 361 valence electrons. The number of aromatic amines is 1. The van der Waals surface area contributed by atoms with Gasteiger partial charge < -0.3 is 15.0 Å². The highest BCUT2D eigenvalue weighted by Gasteiger charge is 2.32. The minimum Gasteiger partial charge on any atom is -0.377 e. The van der Waals surface area contributed by atoms with E-state index < -0.39 is 53.1 Å². The van der Waals surface area contributed by atoms with Crippen LogP contribution in [0.2, 0.25) is 10.6 Å². The van der Waals surface area contributed by atoms with Crippen molar-refractivity contribution < 1.29 is 31.3 Å². The fraction of sp³-hybridized carbons (Fsp3) is 0.383. The summed E-state index contributed by atoms with van der Waals surface area (Å²) in [5, 5.41) is 20.0. The molecule has 9 rings (SSSR count). The van der Waals surface area contributed by atoms with Gasteiger partial charge in [-0.3, -0.25) is 29.6 Å². The molecule has 5 heterocycles. The molecule has 1 aliphatic carbocycles. The number of piperazine rings is 1. The molecule has 2 atom stereocenters. The Bertz CT molecular complexity index is 3210. The van der Waals surface area contributed by atoms with Crippen molar-refractivity contribution in [1.82, 2.24) is 33.7 Å². The average molecular weight is 1010 g/mol. The highest BCUT2D eigenvalue weighted by Crippen LogP contribution is 2.43. The fourth-order valence-corrected chi connectivity index (χ4v) is 11.9. The van der Waals surface area contributed by atoms with Crippen molar-refractivity contribution in [3.05, 3.63) is 117 Å². The molecule has 3 N–H and O–H groups in total. The smallest absolute Gasteiger partial charge is 0.293 e. The number of allylic oxidation sites excluding steroid dienone is 1. The molecule has 2 aliphatic heterocycles. The number of amides is 1. The van der Waals surface area contributed by atoms with Crippen LogP contribution in [0.25, 0.3) is 33.3 Å². The van der Waals surface area contributed by atoms with Crippen LogP contribution >= 0.6 is 11.6 Å². The van der Waals surface area contributed by atoms with Crippen molar-refractivity contribution in [3.63, 3.8) is 0 Å². The number of nitrogens with one attached hydrogen (secondary N) is 3. The van der Waals surface area contributed by atoms with Crippen molar-refractivity contribution in [2.45, 2.75) is 49.7 Å². The number of ether oxygens (including phenoxy) is 1. The second-order valence-electron chi connectivity index (χ2n) is 18.6. The third-order valence-electron chi connectivity index (χ3n) is 13.2. The summed E-state index contributed by atoms with van der Waals surface area (Å²) in [5.41, 5.74) is 6.25. The second-order valence-corrected chi connectivity index (χ2v) is 23.5. The summed E-state index contributed by atoms with van der Waals surface area (Å²) in [4.78, 5) is 39.1. The van der Waals surface area contributed by atoms with Crippen molar-refractivity contribution in [1.29, 1.82) is 0 Å². The zero-order chi connectivity index (χ0) is 48.8. The zero-order valence-corrected chi connectivity index (χ0v) is 41.7. The van der Waals surface area contributed by atoms with E-state index in [-0.39, 0.29) is 42.9 Å². The van der Waals surface area contributed by atoms with Crippen molar-refractivity contribution in [2.24, 2.45) is 5.41 Å². The number of hydrogen-bond acceptors (Lipinski definition) is 13. The minimum absolute atomic E-state index is 0.00577. The summed E-state index contributed by atoms with van der Waals surface area (Å²) in [7, 11) is -4.60. The first kappa shape index (κ1) is 48.3. The van der Waals surface area contributed by atoms with Crippen molar-refractivity contribution in [3.8, 4) is 5.69 Å². The van der Waals surface area contributed by atoms with Crippen LogP contribution in [0, 0.1) is 15.5 Å². The fourth-order valence-electron chi connectivity index (χ4n) is 9.39. The van der Waals surface area contributed by atoms with Crippen molar-refractivity contribution >= 4 is 92.5 Å². The summed E-state index contributed by atoms with van der Waals surface area (Å²) in [6, 6.07) is 20.4. The topological polar surface area (TPSA) is 218 Å². The van der Waals surface area contributed by atoms with Gasteiger partial charge in [0.05, 0.1) is 45.6 Å². The lowest BCUT2D eigenvalue weighted by atomic mass is 9.72. The van der Waals surface area contributed by atoms with E-state index in [2.05, 4.69) is 71.1 Å². The number of nitro benzene ring substituents is 1. The van der Waals surface area contributed by atoms with E-state index in [1.807, 2.05) is 30.3 Å². The molecule has 6 aromatic rings. The lowest BCUT2D eigenvalue weighted by molar-refractivity contribution is -0.384. The number of sulfonamides is 2. The molecule has 3 aliphatic rings. The molecule has 1 unspecified atom stereocenters. The number of hydrogen-bond donors (Lipinski definition) is 3. The van der Waals surface area contributed by atoms with Gasteiger partial charge >= 0.3 is 0 Å². The maximum atomic E-state index is 14.3. The molecule has 2 saturated heterocycles. The van der Waals surface area contributed by atoms with E-state index in [4.69, 9.17) is 16.3 Å². The molecule has 3 radical (unpaired) electrons. The average Bonchev–Trinajstić information content (AvgIpc) is 3.90. The van der Waals surface area contributed by atoms with E-state index in [0.29, 0.717) is 35.5 Å². The number of anilines is 2. The first-order chi connectivity index (χ1) is 32.8. The molecule has 0 spiro atoms. The van der Waals surface area contributed by atoms with Gasteiger partial charge in [0, 0.05) is 97.2 Å². The molecule has 2 fully saturated rings. The molecule has 69 heavy (non-hydrogen) atoms. The van der Waals surface area contributed by atoms with Gasteiger partial charge in [0.15, 0.2) is 5.65 Å². The Kier molecular flexibility index (Phi) is 13.5. The van der Waals surface area contributed by atoms with Gasteiger partial charge in [0.25, 0.3) is 21.6 Å². The van der Waals surface area contributed by atoms with E-state index in [1.54, 1.807) is 29.2 Å². The quantitative estimate of drug-likeness (QED) is 0.0650. The molecular weight excluding hydrogens is 960 g/mol. The number of fused-ring (bicyclic) bond motifs is 2. The number of pyridine rings is 1. The predicted octanol–water partition coefficient (Wildman–Crippen LogP) is 6.40. The van der Waals surface area contributed by atoms with Crippen molar-refractivity contribution in [2.75, 3.05) is 75.4 Å². The predicted molar refractivity (Wildman–Crippen MR) is 267 cm³/mol. The minimum atomic E-state index is -4.67. The summed E-state index contributed by atoms with van der Waals surface area (Å²) in [5.74, 6) is -0.956. The van der Waals surface area contributed by atoms with Gasteiger partial charge in [-0.15, -0.1) is 0 Å². The molecule has 3 aromatic carbocycles. The van der Waals surface area contributed by atoms with Gasteiger partial charge in [0.1, 0.15) is 11.2 Å². The molecule has 1 amide bonds. The lowest BCUT2D eigenvalue weighted by Gasteiger charge is -2.39. The van der Waals surface area contributed by atoms with Gasteiger partial charge in [-0.2, -0.15) is 4.31 Å². The van der Waals surface area contributed by atoms with Crippen LogP contribution in [-0.4, -0.2) is 138 Å². The number of carbonyl (C=O) groups is 1. The standard InChI is InChI=1S/C47H52ClN10O8S2Si/c1-47(2)14-12-32(37(25-47)30-4-6-33(48)7-5-30)28-54-16-18-55(19-17-54)34-8-10-36(40(23-34)57-41-22-31-13-15-49-45(31)52-39(41)26-51-57)46(59)53-68(64,65)35-9-11-38(42(24-35)58(60)61)50-27-43-44(69)29-56(20-21-66-43)67(3,62)63/h4-11,13,15,22-24,26,43-44,50-51H,12,14,16-21,25,27-29H2,1-3H3,(H,53,59)/t43-,44?/m0/s1. The maximum absolute atomic E-state index is 14.3. The van der Waals surface area contributed by atoms with Gasteiger partial charge in [-0.05, 0) is 96.0 Å². The third-order valence-corrected chi connectivity index (χ3v) is 16.7. The van der Waals surface area contributed by atoms with Crippen LogP contribution in [0.5, 0.6) is 0 Å². The van der Waals surface area contributed by atoms with E-state index >= 15 is 0 Å². The monoisotopic (exact) mass is 1010 g/mol.